The number of hydrogen-bond acceptors (Lipinski definition) is 6. The van der Waals surface area contributed by atoms with E-state index in [-0.39, 0.29) is 11.8 Å². The quantitative estimate of drug-likeness (QED) is 0.929. The summed E-state index contributed by atoms with van der Waals surface area (Å²) in [5, 5.41) is 7.65. The molecule has 1 aliphatic heterocycles. The summed E-state index contributed by atoms with van der Waals surface area (Å²) in [6.07, 6.45) is 3.42. The summed E-state index contributed by atoms with van der Waals surface area (Å²) < 4.78 is 5.00. The Morgan fingerprint density at radius 3 is 2.95 bits per heavy atom. The van der Waals surface area contributed by atoms with E-state index in [1.807, 2.05) is 22.5 Å². The van der Waals surface area contributed by atoms with E-state index >= 15 is 0 Å². The normalized spacial score (nSPS) is 16.4. The van der Waals surface area contributed by atoms with E-state index in [1.165, 1.54) is 17.8 Å². The van der Waals surface area contributed by atoms with Crippen LogP contribution in [0.25, 0.3) is 10.7 Å². The van der Waals surface area contributed by atoms with Gasteiger partial charge < -0.3 is 4.52 Å². The number of aromatic nitrogens is 2. The van der Waals surface area contributed by atoms with Gasteiger partial charge in [-0.1, -0.05) is 17.6 Å². The minimum absolute atomic E-state index is 0.00831. The zero-order valence-electron chi connectivity index (χ0n) is 10.3. The predicted molar refractivity (Wildman–Crippen MR) is 70.5 cm³/mol. The molecule has 2 aromatic heterocycles. The highest BCUT2D eigenvalue weighted by molar-refractivity contribution is 7.13. The van der Waals surface area contributed by atoms with E-state index in [2.05, 4.69) is 15.6 Å². The van der Waals surface area contributed by atoms with Crippen LogP contribution in [0, 0.1) is 0 Å². The zero-order chi connectivity index (χ0) is 13.1. The van der Waals surface area contributed by atoms with E-state index in [0.717, 1.165) is 30.8 Å². The fourth-order valence-electron chi connectivity index (χ4n) is 2.02. The minimum Gasteiger partial charge on any atom is -0.328 e. The number of amides is 1. The molecule has 0 spiro atoms. The SMILES string of the molecule is O=C(NN1CCCCC1)c1nc(-c2cccs2)no1. The first kappa shape index (κ1) is 12.3. The molecule has 6 nitrogen and oxygen atoms in total. The highest BCUT2D eigenvalue weighted by Crippen LogP contribution is 2.21. The summed E-state index contributed by atoms with van der Waals surface area (Å²) in [4.78, 5) is 17.0. The second-order valence-corrected chi connectivity index (χ2v) is 5.34. The van der Waals surface area contributed by atoms with Crippen molar-refractivity contribution in [3.63, 3.8) is 0 Å². The Labute approximate surface area is 114 Å². The second kappa shape index (κ2) is 5.50. The van der Waals surface area contributed by atoms with Crippen LogP contribution in [0.5, 0.6) is 0 Å². The molecule has 1 aliphatic rings. The van der Waals surface area contributed by atoms with Crippen molar-refractivity contribution < 1.29 is 9.32 Å². The number of carbonyl (C=O) groups is 1. The largest absolute Gasteiger partial charge is 0.328 e. The number of carbonyl (C=O) groups excluding carboxylic acids is 1. The number of hydrogen-bond donors (Lipinski definition) is 1. The van der Waals surface area contributed by atoms with Gasteiger partial charge in [0.1, 0.15) is 0 Å². The van der Waals surface area contributed by atoms with Gasteiger partial charge in [-0.15, -0.1) is 11.3 Å². The van der Waals surface area contributed by atoms with Crippen LogP contribution < -0.4 is 5.43 Å². The Morgan fingerprint density at radius 2 is 2.21 bits per heavy atom. The summed E-state index contributed by atoms with van der Waals surface area (Å²) >= 11 is 1.51. The van der Waals surface area contributed by atoms with Crippen molar-refractivity contribution in [3.05, 3.63) is 23.4 Å². The number of rotatable bonds is 3. The number of hydrazine groups is 1. The monoisotopic (exact) mass is 278 g/mol. The lowest BCUT2D eigenvalue weighted by molar-refractivity contribution is 0.0705. The molecule has 1 N–H and O–H groups in total. The fraction of sp³-hybridized carbons (Fsp3) is 0.417. The molecule has 19 heavy (non-hydrogen) atoms. The van der Waals surface area contributed by atoms with Crippen molar-refractivity contribution in [1.82, 2.24) is 20.6 Å². The van der Waals surface area contributed by atoms with Gasteiger partial charge in [-0.05, 0) is 24.3 Å². The Balaban J connectivity index is 1.67. The summed E-state index contributed by atoms with van der Waals surface area (Å²) in [5.41, 5.74) is 2.80. The van der Waals surface area contributed by atoms with Gasteiger partial charge in [0.2, 0.25) is 5.82 Å². The van der Waals surface area contributed by atoms with Gasteiger partial charge in [0.15, 0.2) is 0 Å². The van der Waals surface area contributed by atoms with Crippen molar-refractivity contribution in [2.75, 3.05) is 13.1 Å². The molecule has 1 amide bonds. The van der Waals surface area contributed by atoms with Crippen LogP contribution in [0.4, 0.5) is 0 Å². The van der Waals surface area contributed by atoms with Gasteiger partial charge >= 0.3 is 11.8 Å². The molecule has 0 saturated carbocycles. The average molecular weight is 278 g/mol. The van der Waals surface area contributed by atoms with Crippen molar-refractivity contribution in [3.8, 4) is 10.7 Å². The molecule has 3 rings (SSSR count). The third kappa shape index (κ3) is 2.82. The maximum atomic E-state index is 12.0. The van der Waals surface area contributed by atoms with E-state index in [4.69, 9.17) is 4.52 Å². The van der Waals surface area contributed by atoms with Crippen LogP contribution in [-0.4, -0.2) is 34.1 Å². The van der Waals surface area contributed by atoms with Gasteiger partial charge in [-0.25, -0.2) is 5.01 Å². The molecule has 0 unspecified atom stereocenters. The van der Waals surface area contributed by atoms with E-state index < -0.39 is 0 Å². The molecule has 1 fully saturated rings. The predicted octanol–water partition coefficient (Wildman–Crippen LogP) is 1.93. The van der Waals surface area contributed by atoms with Crippen LogP contribution >= 0.6 is 11.3 Å². The molecule has 2 aromatic rings. The molecule has 0 bridgehead atoms. The first-order chi connectivity index (χ1) is 9.33. The lowest BCUT2D eigenvalue weighted by atomic mass is 10.2. The van der Waals surface area contributed by atoms with Crippen molar-refractivity contribution in [1.29, 1.82) is 0 Å². The number of thiophene rings is 1. The second-order valence-electron chi connectivity index (χ2n) is 4.39. The zero-order valence-corrected chi connectivity index (χ0v) is 11.2. The highest BCUT2D eigenvalue weighted by Gasteiger charge is 2.20. The molecule has 0 aromatic carbocycles. The molecule has 7 heteroatoms. The summed E-state index contributed by atoms with van der Waals surface area (Å²) in [7, 11) is 0. The molecular weight excluding hydrogens is 264 g/mol. The average Bonchev–Trinajstić information content (AvgIpc) is 3.11. The summed E-state index contributed by atoms with van der Waals surface area (Å²) in [5.74, 6) is 0.130. The first-order valence-corrected chi connectivity index (χ1v) is 7.14. The topological polar surface area (TPSA) is 71.3 Å². The third-order valence-electron chi connectivity index (χ3n) is 2.98. The van der Waals surface area contributed by atoms with Gasteiger partial charge in [-0.3, -0.25) is 10.2 Å². The van der Waals surface area contributed by atoms with Crippen LogP contribution in [0.15, 0.2) is 22.0 Å². The number of nitrogens with zero attached hydrogens (tertiary/aromatic N) is 3. The van der Waals surface area contributed by atoms with Crippen molar-refractivity contribution in [2.45, 2.75) is 19.3 Å². The Hall–Kier alpha value is -1.73. The summed E-state index contributed by atoms with van der Waals surface area (Å²) in [6, 6.07) is 3.80. The Bertz CT molecular complexity index is 546. The Kier molecular flexibility index (Phi) is 3.56. The highest BCUT2D eigenvalue weighted by atomic mass is 32.1. The molecule has 0 atom stereocenters. The maximum absolute atomic E-state index is 12.0. The van der Waals surface area contributed by atoms with Gasteiger partial charge in [0.25, 0.3) is 0 Å². The molecule has 100 valence electrons. The van der Waals surface area contributed by atoms with Crippen LogP contribution in [0.3, 0.4) is 0 Å². The smallest absolute Gasteiger partial charge is 0.324 e. The van der Waals surface area contributed by atoms with Crippen molar-refractivity contribution in [2.24, 2.45) is 0 Å². The van der Waals surface area contributed by atoms with Crippen molar-refractivity contribution >= 4 is 17.2 Å². The van der Waals surface area contributed by atoms with Gasteiger partial charge in [-0.2, -0.15) is 4.98 Å². The fourth-order valence-corrected chi connectivity index (χ4v) is 2.67. The van der Waals surface area contributed by atoms with Crippen LogP contribution in [0.1, 0.15) is 29.9 Å². The Morgan fingerprint density at radius 1 is 1.37 bits per heavy atom. The number of piperidine rings is 1. The third-order valence-corrected chi connectivity index (χ3v) is 3.84. The molecule has 1 saturated heterocycles. The lowest BCUT2D eigenvalue weighted by Gasteiger charge is -2.25. The lowest BCUT2D eigenvalue weighted by Crippen LogP contribution is -2.45. The standard InChI is InChI=1S/C12H14N4O2S/c17-11(14-16-6-2-1-3-7-16)12-13-10(15-18-12)9-5-4-8-19-9/h4-5,8H,1-3,6-7H2,(H,14,17). The first-order valence-electron chi connectivity index (χ1n) is 6.26. The molecular formula is C12H14N4O2S. The molecule has 0 radical (unpaired) electrons. The van der Waals surface area contributed by atoms with Crippen LogP contribution in [-0.2, 0) is 0 Å². The molecule has 3 heterocycles. The maximum Gasteiger partial charge on any atom is 0.324 e. The van der Waals surface area contributed by atoms with Gasteiger partial charge in [0, 0.05) is 13.1 Å². The van der Waals surface area contributed by atoms with Gasteiger partial charge in [0.05, 0.1) is 4.88 Å². The minimum atomic E-state index is -0.336. The number of nitrogens with one attached hydrogen (secondary N) is 1. The summed E-state index contributed by atoms with van der Waals surface area (Å²) in [6.45, 7) is 1.75. The van der Waals surface area contributed by atoms with Crippen LogP contribution in [0.2, 0.25) is 0 Å². The van der Waals surface area contributed by atoms with E-state index in [0.29, 0.717) is 5.82 Å². The van der Waals surface area contributed by atoms with E-state index in [9.17, 15) is 4.79 Å². The van der Waals surface area contributed by atoms with E-state index in [1.54, 1.807) is 0 Å². The molecule has 0 aliphatic carbocycles.